The highest BCUT2D eigenvalue weighted by atomic mass is 16.6. The van der Waals surface area contributed by atoms with Gasteiger partial charge in [0, 0.05) is 19.3 Å². The van der Waals surface area contributed by atoms with E-state index >= 15 is 0 Å². The fourth-order valence-corrected chi connectivity index (χ4v) is 7.63. The molecule has 0 aromatic carbocycles. The minimum Gasteiger partial charge on any atom is -0.462 e. The summed E-state index contributed by atoms with van der Waals surface area (Å²) in [6, 6.07) is 0. The number of carbonyl (C=O) groups excluding carboxylic acids is 3. The Labute approximate surface area is 414 Å². The van der Waals surface area contributed by atoms with E-state index in [0.29, 0.717) is 19.3 Å². The average Bonchev–Trinajstić information content (AvgIpc) is 3.33. The fraction of sp³-hybridized carbons (Fsp3) is 0.721. The lowest BCUT2D eigenvalue weighted by Gasteiger charge is -2.18. The smallest absolute Gasteiger partial charge is 0.306 e. The normalized spacial score (nSPS) is 12.7. The number of allylic oxidation sites excluding steroid dienone is 14. The Morgan fingerprint density at radius 2 is 0.582 bits per heavy atom. The van der Waals surface area contributed by atoms with Crippen LogP contribution in [0.4, 0.5) is 0 Å². The zero-order valence-electron chi connectivity index (χ0n) is 43.9. The lowest BCUT2D eigenvalue weighted by atomic mass is 10.1. The molecule has 6 nitrogen and oxygen atoms in total. The summed E-state index contributed by atoms with van der Waals surface area (Å²) in [4.78, 5) is 38.1. The van der Waals surface area contributed by atoms with Crippen molar-refractivity contribution in [1.82, 2.24) is 0 Å². The van der Waals surface area contributed by atoms with E-state index in [0.717, 1.165) is 128 Å². The molecular weight excluding hydrogens is 829 g/mol. The molecule has 0 aliphatic carbocycles. The van der Waals surface area contributed by atoms with Crippen molar-refractivity contribution in [3.05, 3.63) is 85.1 Å². The van der Waals surface area contributed by atoms with Gasteiger partial charge in [0.15, 0.2) is 6.10 Å². The van der Waals surface area contributed by atoms with Crippen LogP contribution < -0.4 is 0 Å². The van der Waals surface area contributed by atoms with Gasteiger partial charge in [0.2, 0.25) is 0 Å². The zero-order valence-corrected chi connectivity index (χ0v) is 43.9. The van der Waals surface area contributed by atoms with Gasteiger partial charge in [0.1, 0.15) is 13.2 Å². The third-order valence-electron chi connectivity index (χ3n) is 11.9. The van der Waals surface area contributed by atoms with Crippen molar-refractivity contribution < 1.29 is 28.6 Å². The summed E-state index contributed by atoms with van der Waals surface area (Å²) in [6.45, 7) is 6.48. The van der Waals surface area contributed by atoms with Crippen LogP contribution in [-0.4, -0.2) is 37.2 Å². The van der Waals surface area contributed by atoms with Crippen LogP contribution >= 0.6 is 0 Å². The molecular formula is C61H104O6. The monoisotopic (exact) mass is 933 g/mol. The third-order valence-corrected chi connectivity index (χ3v) is 11.9. The van der Waals surface area contributed by atoms with Crippen molar-refractivity contribution in [3.63, 3.8) is 0 Å². The van der Waals surface area contributed by atoms with Gasteiger partial charge in [-0.25, -0.2) is 0 Å². The molecule has 384 valence electrons. The first-order valence-corrected chi connectivity index (χ1v) is 28.1. The predicted molar refractivity (Wildman–Crippen MR) is 288 cm³/mol. The molecule has 0 spiro atoms. The highest BCUT2D eigenvalue weighted by molar-refractivity contribution is 5.71. The number of hydrogen-bond donors (Lipinski definition) is 0. The van der Waals surface area contributed by atoms with Crippen molar-refractivity contribution in [1.29, 1.82) is 0 Å². The molecule has 0 aliphatic heterocycles. The molecule has 0 bridgehead atoms. The summed E-state index contributed by atoms with van der Waals surface area (Å²) < 4.78 is 16.8. The number of ether oxygens (including phenoxy) is 3. The van der Waals surface area contributed by atoms with Crippen LogP contribution in [0.1, 0.15) is 265 Å². The second-order valence-electron chi connectivity index (χ2n) is 18.5. The summed E-state index contributed by atoms with van der Waals surface area (Å²) >= 11 is 0. The Morgan fingerprint density at radius 1 is 0.313 bits per heavy atom. The molecule has 0 radical (unpaired) electrons. The third kappa shape index (κ3) is 53.4. The van der Waals surface area contributed by atoms with E-state index in [9.17, 15) is 14.4 Å². The Hall–Kier alpha value is -3.41. The molecule has 0 heterocycles. The first kappa shape index (κ1) is 63.6. The number of esters is 3. The van der Waals surface area contributed by atoms with Gasteiger partial charge in [-0.05, 0) is 116 Å². The summed E-state index contributed by atoms with van der Waals surface area (Å²) in [7, 11) is 0. The van der Waals surface area contributed by atoms with Gasteiger partial charge in [-0.2, -0.15) is 0 Å². The Morgan fingerprint density at radius 3 is 0.940 bits per heavy atom. The van der Waals surface area contributed by atoms with E-state index < -0.39 is 6.10 Å². The standard InChI is InChI=1S/C61H104O6/c1-4-7-10-13-16-19-22-25-28-31-34-36-39-42-45-48-51-54-60(63)66-57-58(67-61(64)55-52-49-46-43-40-37-33-30-27-24-21-18-15-12-9-6-3)56-65-59(62)53-50-47-44-41-38-35-32-29-26-23-20-17-14-11-8-5-2/h7,10,16,19,21,24-25,28-30,32-34,36,58H,4-6,8-9,11-15,17-18,20,22-23,26-27,31,35,37-57H2,1-3H3/b10-7-,19-16-,24-21-,28-25-,32-29-,33-30-,36-34-. The second kappa shape index (κ2) is 55.2. The maximum Gasteiger partial charge on any atom is 0.306 e. The van der Waals surface area contributed by atoms with E-state index in [1.807, 2.05) is 0 Å². The van der Waals surface area contributed by atoms with Crippen molar-refractivity contribution in [2.45, 2.75) is 271 Å². The van der Waals surface area contributed by atoms with Crippen LogP contribution in [0.5, 0.6) is 0 Å². The molecule has 0 fully saturated rings. The number of hydrogen-bond acceptors (Lipinski definition) is 6. The van der Waals surface area contributed by atoms with Crippen molar-refractivity contribution in [2.75, 3.05) is 13.2 Å². The topological polar surface area (TPSA) is 78.9 Å². The Bertz CT molecular complexity index is 1300. The van der Waals surface area contributed by atoms with Gasteiger partial charge in [-0.1, -0.05) is 215 Å². The first-order valence-electron chi connectivity index (χ1n) is 28.1. The van der Waals surface area contributed by atoms with Gasteiger partial charge >= 0.3 is 17.9 Å². The molecule has 6 heteroatoms. The Kier molecular flexibility index (Phi) is 52.4. The summed E-state index contributed by atoms with van der Waals surface area (Å²) in [5.74, 6) is -0.937. The number of rotatable bonds is 50. The number of unbranched alkanes of at least 4 members (excludes halogenated alkanes) is 25. The molecule has 0 aromatic rings. The summed E-state index contributed by atoms with van der Waals surface area (Å²) in [5.41, 5.74) is 0. The van der Waals surface area contributed by atoms with Crippen LogP contribution in [0, 0.1) is 0 Å². The predicted octanol–water partition coefficient (Wildman–Crippen LogP) is 18.8. The highest BCUT2D eigenvalue weighted by Crippen LogP contribution is 2.14. The maximum atomic E-state index is 12.8. The largest absolute Gasteiger partial charge is 0.462 e. The first-order chi connectivity index (χ1) is 33.0. The average molecular weight is 933 g/mol. The van der Waals surface area contributed by atoms with E-state index in [-0.39, 0.29) is 31.1 Å². The molecule has 1 atom stereocenters. The molecule has 0 rings (SSSR count). The fourth-order valence-electron chi connectivity index (χ4n) is 7.63. The quantitative estimate of drug-likeness (QED) is 0.0262. The molecule has 0 amide bonds. The van der Waals surface area contributed by atoms with E-state index in [2.05, 4.69) is 106 Å². The lowest BCUT2D eigenvalue weighted by molar-refractivity contribution is -0.167. The molecule has 1 unspecified atom stereocenters. The van der Waals surface area contributed by atoms with Crippen molar-refractivity contribution in [3.8, 4) is 0 Å². The minimum atomic E-state index is -0.798. The molecule has 0 aliphatic rings. The van der Waals surface area contributed by atoms with Crippen molar-refractivity contribution >= 4 is 17.9 Å². The van der Waals surface area contributed by atoms with Gasteiger partial charge in [0.25, 0.3) is 0 Å². The molecule has 67 heavy (non-hydrogen) atoms. The lowest BCUT2D eigenvalue weighted by Crippen LogP contribution is -2.30. The molecule has 0 aromatic heterocycles. The van der Waals surface area contributed by atoms with Crippen LogP contribution in [0.2, 0.25) is 0 Å². The summed E-state index contributed by atoms with van der Waals surface area (Å²) in [6.07, 6.45) is 71.3. The van der Waals surface area contributed by atoms with Gasteiger partial charge in [-0.15, -0.1) is 0 Å². The van der Waals surface area contributed by atoms with E-state index in [1.54, 1.807) is 0 Å². The van der Waals surface area contributed by atoms with Crippen LogP contribution in [0.3, 0.4) is 0 Å². The van der Waals surface area contributed by atoms with Crippen molar-refractivity contribution in [2.24, 2.45) is 0 Å². The SMILES string of the molecule is CC/C=C\C/C=C\C/C=C\C/C=C\CCCCCCC(=O)OCC(COC(=O)CCCCCCC/C=C\CCCCCCCCC)OC(=O)CCCCCCC/C=C\C/C=C\CCCCCC. The van der Waals surface area contributed by atoms with Crippen LogP contribution in [0.15, 0.2) is 85.1 Å². The minimum absolute atomic E-state index is 0.0946. The second-order valence-corrected chi connectivity index (χ2v) is 18.5. The summed E-state index contributed by atoms with van der Waals surface area (Å²) in [5, 5.41) is 0. The molecule has 0 saturated heterocycles. The van der Waals surface area contributed by atoms with E-state index in [1.165, 1.54) is 96.3 Å². The van der Waals surface area contributed by atoms with Crippen LogP contribution in [0.25, 0.3) is 0 Å². The molecule has 0 N–H and O–H groups in total. The highest BCUT2D eigenvalue weighted by Gasteiger charge is 2.19. The van der Waals surface area contributed by atoms with E-state index in [4.69, 9.17) is 14.2 Å². The van der Waals surface area contributed by atoms with Gasteiger partial charge in [-0.3, -0.25) is 14.4 Å². The van der Waals surface area contributed by atoms with Gasteiger partial charge < -0.3 is 14.2 Å². The number of carbonyl (C=O) groups is 3. The van der Waals surface area contributed by atoms with Crippen LogP contribution in [-0.2, 0) is 28.6 Å². The maximum absolute atomic E-state index is 12.8. The zero-order chi connectivity index (χ0) is 48.6. The van der Waals surface area contributed by atoms with Gasteiger partial charge in [0.05, 0.1) is 0 Å². The molecule has 0 saturated carbocycles. The Balaban J connectivity index is 4.47.